The molecule has 0 atom stereocenters. The SMILES string of the molecule is Clc1cccc(NC2CC(c3ccccc3Br)C2)c1. The molecule has 1 fully saturated rings. The Balaban J connectivity index is 1.60. The third-order valence-electron chi connectivity index (χ3n) is 3.68. The maximum Gasteiger partial charge on any atom is 0.0426 e. The summed E-state index contributed by atoms with van der Waals surface area (Å²) in [7, 11) is 0. The fourth-order valence-electron chi connectivity index (χ4n) is 2.61. The van der Waals surface area contributed by atoms with Crippen molar-refractivity contribution in [3.8, 4) is 0 Å². The number of benzene rings is 2. The van der Waals surface area contributed by atoms with Crippen molar-refractivity contribution in [1.82, 2.24) is 0 Å². The first kappa shape index (κ1) is 13.0. The van der Waals surface area contributed by atoms with Gasteiger partial charge in [0.05, 0.1) is 0 Å². The maximum absolute atomic E-state index is 5.99. The standard InChI is InChI=1S/C16H15BrClN/c17-16-7-2-1-6-15(16)11-8-14(9-11)19-13-5-3-4-12(18)10-13/h1-7,10-11,14,19H,8-9H2. The van der Waals surface area contributed by atoms with Crippen molar-refractivity contribution in [2.75, 3.05) is 5.32 Å². The Bertz CT molecular complexity index is 578. The van der Waals surface area contributed by atoms with E-state index in [2.05, 4.69) is 51.6 Å². The van der Waals surface area contributed by atoms with E-state index in [-0.39, 0.29) is 0 Å². The highest BCUT2D eigenvalue weighted by atomic mass is 79.9. The number of nitrogens with one attached hydrogen (secondary N) is 1. The lowest BCUT2D eigenvalue weighted by molar-refractivity contribution is 0.373. The average molecular weight is 337 g/mol. The molecule has 3 heteroatoms. The van der Waals surface area contributed by atoms with Crippen LogP contribution in [0.2, 0.25) is 5.02 Å². The molecule has 0 aromatic heterocycles. The molecule has 0 unspecified atom stereocenters. The van der Waals surface area contributed by atoms with E-state index in [4.69, 9.17) is 11.6 Å². The molecule has 1 aliphatic carbocycles. The van der Waals surface area contributed by atoms with Crippen LogP contribution in [-0.4, -0.2) is 6.04 Å². The molecule has 0 aliphatic heterocycles. The van der Waals surface area contributed by atoms with Crippen LogP contribution in [0, 0.1) is 0 Å². The Kier molecular flexibility index (Phi) is 3.81. The van der Waals surface area contributed by atoms with Crippen LogP contribution < -0.4 is 5.32 Å². The van der Waals surface area contributed by atoms with Gasteiger partial charge in [-0.15, -0.1) is 0 Å². The highest BCUT2D eigenvalue weighted by Crippen LogP contribution is 2.41. The molecule has 98 valence electrons. The summed E-state index contributed by atoms with van der Waals surface area (Å²) in [5.74, 6) is 0.659. The molecular weight excluding hydrogens is 322 g/mol. The smallest absolute Gasteiger partial charge is 0.0426 e. The second-order valence-corrected chi connectivity index (χ2v) is 6.33. The monoisotopic (exact) mass is 335 g/mol. The van der Waals surface area contributed by atoms with E-state index < -0.39 is 0 Å². The molecule has 0 bridgehead atoms. The number of halogens is 2. The van der Waals surface area contributed by atoms with Gasteiger partial charge in [0.25, 0.3) is 0 Å². The Morgan fingerprint density at radius 3 is 2.58 bits per heavy atom. The predicted octanol–water partition coefficient (Wildman–Crippen LogP) is 5.46. The summed E-state index contributed by atoms with van der Waals surface area (Å²) < 4.78 is 1.22. The van der Waals surface area contributed by atoms with Crippen molar-refractivity contribution in [2.45, 2.75) is 24.8 Å². The van der Waals surface area contributed by atoms with E-state index in [1.165, 1.54) is 22.9 Å². The highest BCUT2D eigenvalue weighted by molar-refractivity contribution is 9.10. The van der Waals surface area contributed by atoms with Crippen LogP contribution in [0.5, 0.6) is 0 Å². The Morgan fingerprint density at radius 1 is 1.05 bits per heavy atom. The largest absolute Gasteiger partial charge is 0.382 e. The summed E-state index contributed by atoms with van der Waals surface area (Å²) in [5, 5.41) is 4.32. The molecule has 0 heterocycles. The topological polar surface area (TPSA) is 12.0 Å². The lowest BCUT2D eigenvalue weighted by atomic mass is 9.76. The van der Waals surface area contributed by atoms with E-state index in [9.17, 15) is 0 Å². The third-order valence-corrected chi connectivity index (χ3v) is 4.64. The summed E-state index contributed by atoms with van der Waals surface area (Å²) in [6.45, 7) is 0. The molecule has 0 saturated heterocycles. The molecule has 0 amide bonds. The lowest BCUT2D eigenvalue weighted by Crippen LogP contribution is -2.34. The second-order valence-electron chi connectivity index (χ2n) is 5.04. The minimum Gasteiger partial charge on any atom is -0.382 e. The van der Waals surface area contributed by atoms with Crippen LogP contribution in [0.25, 0.3) is 0 Å². The zero-order chi connectivity index (χ0) is 13.2. The molecule has 1 aliphatic rings. The Hall–Kier alpha value is -0.990. The van der Waals surface area contributed by atoms with Crippen molar-refractivity contribution in [3.63, 3.8) is 0 Å². The van der Waals surface area contributed by atoms with Gasteiger partial charge in [0, 0.05) is 21.2 Å². The zero-order valence-electron chi connectivity index (χ0n) is 10.4. The lowest BCUT2D eigenvalue weighted by Gasteiger charge is -2.37. The first-order chi connectivity index (χ1) is 9.22. The van der Waals surface area contributed by atoms with Gasteiger partial charge in [-0.2, -0.15) is 0 Å². The van der Waals surface area contributed by atoms with Gasteiger partial charge in [-0.1, -0.05) is 51.8 Å². The van der Waals surface area contributed by atoms with Gasteiger partial charge in [-0.05, 0) is 48.6 Å². The molecule has 2 aromatic carbocycles. The molecule has 3 rings (SSSR count). The fourth-order valence-corrected chi connectivity index (χ4v) is 3.41. The van der Waals surface area contributed by atoms with Crippen LogP contribution in [-0.2, 0) is 0 Å². The fraction of sp³-hybridized carbons (Fsp3) is 0.250. The first-order valence-corrected chi connectivity index (χ1v) is 7.66. The quantitative estimate of drug-likeness (QED) is 0.784. The van der Waals surface area contributed by atoms with Crippen LogP contribution in [0.15, 0.2) is 53.0 Å². The summed E-state index contributed by atoms with van der Waals surface area (Å²) in [6.07, 6.45) is 2.35. The zero-order valence-corrected chi connectivity index (χ0v) is 12.8. The van der Waals surface area contributed by atoms with Gasteiger partial charge in [-0.3, -0.25) is 0 Å². The van der Waals surface area contributed by atoms with Crippen molar-refractivity contribution in [3.05, 3.63) is 63.6 Å². The molecule has 19 heavy (non-hydrogen) atoms. The highest BCUT2D eigenvalue weighted by Gasteiger charge is 2.31. The minimum absolute atomic E-state index is 0.551. The van der Waals surface area contributed by atoms with Crippen LogP contribution >= 0.6 is 27.5 Å². The van der Waals surface area contributed by atoms with Crippen LogP contribution in [0.1, 0.15) is 24.3 Å². The summed E-state index contributed by atoms with van der Waals surface area (Å²) >= 11 is 9.62. The molecule has 1 nitrogen and oxygen atoms in total. The van der Waals surface area contributed by atoms with Crippen molar-refractivity contribution in [1.29, 1.82) is 0 Å². The van der Waals surface area contributed by atoms with E-state index in [1.54, 1.807) is 0 Å². The summed E-state index contributed by atoms with van der Waals surface area (Å²) in [4.78, 5) is 0. The average Bonchev–Trinajstić information content (AvgIpc) is 2.35. The molecule has 1 N–H and O–H groups in total. The van der Waals surface area contributed by atoms with Gasteiger partial charge in [0.15, 0.2) is 0 Å². The maximum atomic E-state index is 5.99. The molecule has 2 aromatic rings. The second kappa shape index (κ2) is 5.56. The van der Waals surface area contributed by atoms with E-state index in [0.29, 0.717) is 12.0 Å². The number of hydrogen-bond acceptors (Lipinski definition) is 1. The molecule has 0 spiro atoms. The van der Waals surface area contributed by atoms with Gasteiger partial charge < -0.3 is 5.32 Å². The Morgan fingerprint density at radius 2 is 1.84 bits per heavy atom. The van der Waals surface area contributed by atoms with E-state index >= 15 is 0 Å². The van der Waals surface area contributed by atoms with Crippen molar-refractivity contribution < 1.29 is 0 Å². The molecular formula is C16H15BrClN. The molecule has 0 radical (unpaired) electrons. The van der Waals surface area contributed by atoms with E-state index in [1.807, 2.05) is 18.2 Å². The van der Waals surface area contributed by atoms with E-state index in [0.717, 1.165) is 10.7 Å². The minimum atomic E-state index is 0.551. The van der Waals surface area contributed by atoms with Gasteiger partial charge in [0.1, 0.15) is 0 Å². The number of rotatable bonds is 3. The normalized spacial score (nSPS) is 21.8. The number of hydrogen-bond donors (Lipinski definition) is 1. The van der Waals surface area contributed by atoms with Gasteiger partial charge in [0.2, 0.25) is 0 Å². The third kappa shape index (κ3) is 2.96. The van der Waals surface area contributed by atoms with Crippen molar-refractivity contribution >= 4 is 33.2 Å². The molecule has 1 saturated carbocycles. The summed E-state index contributed by atoms with van der Waals surface area (Å²) in [5.41, 5.74) is 2.54. The Labute approximate surface area is 127 Å². The summed E-state index contributed by atoms with van der Waals surface area (Å²) in [6, 6.07) is 17.0. The first-order valence-electron chi connectivity index (χ1n) is 6.49. The van der Waals surface area contributed by atoms with Gasteiger partial charge >= 0.3 is 0 Å². The van der Waals surface area contributed by atoms with Gasteiger partial charge in [-0.25, -0.2) is 0 Å². The van der Waals surface area contributed by atoms with Crippen LogP contribution in [0.4, 0.5) is 5.69 Å². The van der Waals surface area contributed by atoms with Crippen LogP contribution in [0.3, 0.4) is 0 Å². The number of anilines is 1. The van der Waals surface area contributed by atoms with Crippen molar-refractivity contribution in [2.24, 2.45) is 0 Å². The predicted molar refractivity (Wildman–Crippen MR) is 85.0 cm³/mol.